The van der Waals surface area contributed by atoms with E-state index < -0.39 is 0 Å². The van der Waals surface area contributed by atoms with Crippen molar-refractivity contribution in [1.29, 1.82) is 0 Å². The van der Waals surface area contributed by atoms with Gasteiger partial charge in [-0.05, 0) is 43.4 Å². The zero-order chi connectivity index (χ0) is 15.9. The number of amides is 2. The Morgan fingerprint density at radius 1 is 1.41 bits per heavy atom. The molecule has 1 aliphatic heterocycles. The van der Waals surface area contributed by atoms with Crippen LogP contribution in [0.1, 0.15) is 26.2 Å². The minimum atomic E-state index is -0.255. The monoisotopic (exact) mass is 325 g/mol. The second kappa shape index (κ2) is 8.25. The molecule has 0 aliphatic carbocycles. The van der Waals surface area contributed by atoms with Crippen LogP contribution in [0.25, 0.3) is 0 Å². The van der Waals surface area contributed by atoms with Gasteiger partial charge in [0, 0.05) is 31.9 Å². The summed E-state index contributed by atoms with van der Waals surface area (Å²) in [6, 6.07) is 5.36. The van der Waals surface area contributed by atoms with Crippen LogP contribution in [0, 0.1) is 5.92 Å². The molecule has 0 bridgehead atoms. The highest BCUT2D eigenvalue weighted by atomic mass is 35.5. The molecule has 1 fully saturated rings. The van der Waals surface area contributed by atoms with E-state index in [1.165, 1.54) is 12.8 Å². The van der Waals surface area contributed by atoms with Gasteiger partial charge in [-0.1, -0.05) is 18.5 Å². The first-order chi connectivity index (χ1) is 10.6. The maximum absolute atomic E-state index is 11.8. The third-order valence-corrected chi connectivity index (χ3v) is 4.19. The number of nitrogens with one attached hydrogen (secondary N) is 2. The molecule has 0 aromatic heterocycles. The highest BCUT2D eigenvalue weighted by Crippen LogP contribution is 2.31. The highest BCUT2D eigenvalue weighted by Gasteiger charge is 2.15. The number of anilines is 2. The van der Waals surface area contributed by atoms with Crippen molar-refractivity contribution < 1.29 is 9.90 Å². The number of hydrogen-bond donors (Lipinski definition) is 3. The zero-order valence-corrected chi connectivity index (χ0v) is 13.7. The molecule has 6 heteroatoms. The molecule has 2 rings (SSSR count). The topological polar surface area (TPSA) is 64.6 Å². The van der Waals surface area contributed by atoms with E-state index in [1.807, 2.05) is 19.1 Å². The minimum Gasteiger partial charge on any atom is -0.396 e. The Balaban J connectivity index is 1.87. The largest absolute Gasteiger partial charge is 0.396 e. The SMILES string of the molecule is C[C@@H](CCO)CNC(=O)Nc1ccc(N2CCCC2)c(Cl)c1. The summed E-state index contributed by atoms with van der Waals surface area (Å²) in [6.45, 7) is 4.73. The number of halogens is 1. The highest BCUT2D eigenvalue weighted by molar-refractivity contribution is 6.33. The Kier molecular flexibility index (Phi) is 6.34. The molecule has 1 saturated heterocycles. The number of urea groups is 1. The quantitative estimate of drug-likeness (QED) is 0.753. The first kappa shape index (κ1) is 16.9. The molecule has 0 spiro atoms. The van der Waals surface area contributed by atoms with E-state index in [0.29, 0.717) is 23.7 Å². The second-order valence-electron chi connectivity index (χ2n) is 5.81. The van der Waals surface area contributed by atoms with Crippen LogP contribution in [-0.2, 0) is 0 Å². The lowest BCUT2D eigenvalue weighted by Crippen LogP contribution is -2.32. The minimum absolute atomic E-state index is 0.137. The van der Waals surface area contributed by atoms with E-state index in [0.717, 1.165) is 18.8 Å². The van der Waals surface area contributed by atoms with Gasteiger partial charge < -0.3 is 20.6 Å². The zero-order valence-electron chi connectivity index (χ0n) is 12.9. The van der Waals surface area contributed by atoms with Gasteiger partial charge in [0.15, 0.2) is 0 Å². The Morgan fingerprint density at radius 3 is 2.77 bits per heavy atom. The second-order valence-corrected chi connectivity index (χ2v) is 6.22. The van der Waals surface area contributed by atoms with Crippen molar-refractivity contribution in [1.82, 2.24) is 5.32 Å². The maximum Gasteiger partial charge on any atom is 0.319 e. The molecule has 1 aliphatic rings. The number of aliphatic hydroxyl groups is 1. The van der Waals surface area contributed by atoms with Crippen molar-refractivity contribution in [3.8, 4) is 0 Å². The summed E-state index contributed by atoms with van der Waals surface area (Å²) < 4.78 is 0. The number of hydrogen-bond acceptors (Lipinski definition) is 3. The van der Waals surface area contributed by atoms with Gasteiger partial charge in [0.1, 0.15) is 0 Å². The number of nitrogens with zero attached hydrogens (tertiary/aromatic N) is 1. The smallest absolute Gasteiger partial charge is 0.319 e. The molecule has 122 valence electrons. The predicted octanol–water partition coefficient (Wildman–Crippen LogP) is 3.08. The molecule has 22 heavy (non-hydrogen) atoms. The molecule has 1 aromatic carbocycles. The lowest BCUT2D eigenvalue weighted by molar-refractivity contribution is 0.243. The molecule has 1 aromatic rings. The fraction of sp³-hybridized carbons (Fsp3) is 0.562. The van der Waals surface area contributed by atoms with Gasteiger partial charge in [-0.15, -0.1) is 0 Å². The summed E-state index contributed by atoms with van der Waals surface area (Å²) in [4.78, 5) is 14.1. The average molecular weight is 326 g/mol. The number of benzene rings is 1. The predicted molar refractivity (Wildman–Crippen MR) is 90.8 cm³/mol. The standard InChI is InChI=1S/C16H24ClN3O2/c1-12(6-9-21)11-18-16(22)19-13-4-5-15(14(17)10-13)20-7-2-3-8-20/h4-5,10,12,21H,2-3,6-9,11H2,1H3,(H2,18,19,22)/t12-/m0/s1. The lowest BCUT2D eigenvalue weighted by atomic mass is 10.1. The molecular formula is C16H24ClN3O2. The van der Waals surface area contributed by atoms with Crippen molar-refractivity contribution in [3.63, 3.8) is 0 Å². The number of aliphatic hydroxyl groups excluding tert-OH is 1. The van der Waals surface area contributed by atoms with E-state index in [4.69, 9.17) is 16.7 Å². The summed E-state index contributed by atoms with van der Waals surface area (Å²) in [5, 5.41) is 15.1. The van der Waals surface area contributed by atoms with Gasteiger partial charge in [0.2, 0.25) is 0 Å². The number of rotatable bonds is 6. The average Bonchev–Trinajstić information content (AvgIpc) is 2.99. The van der Waals surface area contributed by atoms with Gasteiger partial charge in [-0.3, -0.25) is 0 Å². The van der Waals surface area contributed by atoms with Gasteiger partial charge in [0.05, 0.1) is 10.7 Å². The van der Waals surface area contributed by atoms with Crippen molar-refractivity contribution in [2.24, 2.45) is 5.92 Å². The summed E-state index contributed by atoms with van der Waals surface area (Å²) >= 11 is 6.32. The molecule has 1 atom stereocenters. The van der Waals surface area contributed by atoms with Crippen molar-refractivity contribution in [2.45, 2.75) is 26.2 Å². The molecule has 0 saturated carbocycles. The third-order valence-electron chi connectivity index (χ3n) is 3.89. The molecular weight excluding hydrogens is 302 g/mol. The molecule has 2 amide bonds. The van der Waals surface area contributed by atoms with Gasteiger partial charge in [0.25, 0.3) is 0 Å². The number of carbonyl (C=O) groups excluding carboxylic acids is 1. The summed E-state index contributed by atoms with van der Waals surface area (Å²) in [7, 11) is 0. The van der Waals surface area contributed by atoms with Crippen molar-refractivity contribution >= 4 is 29.0 Å². The third kappa shape index (κ3) is 4.78. The summed E-state index contributed by atoms with van der Waals surface area (Å²) in [5.41, 5.74) is 1.71. The van der Waals surface area contributed by atoms with Crippen molar-refractivity contribution in [3.05, 3.63) is 23.2 Å². The first-order valence-corrected chi connectivity index (χ1v) is 8.18. The molecule has 0 unspecified atom stereocenters. The van der Waals surface area contributed by atoms with Crippen LogP contribution in [-0.4, -0.2) is 37.4 Å². The Morgan fingerprint density at radius 2 is 2.14 bits per heavy atom. The summed E-state index contributed by atoms with van der Waals surface area (Å²) in [6.07, 6.45) is 3.08. The Hall–Kier alpha value is -1.46. The Bertz CT molecular complexity index is 504. The van der Waals surface area contributed by atoms with Gasteiger partial charge in [-0.25, -0.2) is 4.79 Å². The van der Waals surface area contributed by atoms with E-state index >= 15 is 0 Å². The van der Waals surface area contributed by atoms with Gasteiger partial charge in [-0.2, -0.15) is 0 Å². The van der Waals surface area contributed by atoms with E-state index in [1.54, 1.807) is 6.07 Å². The van der Waals surface area contributed by atoms with Crippen LogP contribution in [0.15, 0.2) is 18.2 Å². The number of carbonyl (C=O) groups is 1. The van der Waals surface area contributed by atoms with Crippen LogP contribution in [0.2, 0.25) is 5.02 Å². The molecule has 1 heterocycles. The first-order valence-electron chi connectivity index (χ1n) is 7.80. The van der Waals surface area contributed by atoms with E-state index in [9.17, 15) is 4.79 Å². The van der Waals surface area contributed by atoms with Gasteiger partial charge >= 0.3 is 6.03 Å². The molecule has 0 radical (unpaired) electrons. The fourth-order valence-corrected chi connectivity index (χ4v) is 2.86. The maximum atomic E-state index is 11.8. The lowest BCUT2D eigenvalue weighted by Gasteiger charge is -2.19. The fourth-order valence-electron chi connectivity index (χ4n) is 2.56. The molecule has 5 nitrogen and oxygen atoms in total. The molecule has 3 N–H and O–H groups in total. The van der Waals surface area contributed by atoms with E-state index in [2.05, 4.69) is 15.5 Å². The van der Waals surface area contributed by atoms with Crippen LogP contribution in [0.3, 0.4) is 0 Å². The van der Waals surface area contributed by atoms with Crippen LogP contribution in [0.4, 0.5) is 16.2 Å². The van der Waals surface area contributed by atoms with Crippen LogP contribution < -0.4 is 15.5 Å². The van der Waals surface area contributed by atoms with Crippen LogP contribution in [0.5, 0.6) is 0 Å². The van der Waals surface area contributed by atoms with Crippen molar-refractivity contribution in [2.75, 3.05) is 36.5 Å². The summed E-state index contributed by atoms with van der Waals surface area (Å²) in [5.74, 6) is 0.247. The Labute approximate surface area is 136 Å². The van der Waals surface area contributed by atoms with Crippen LogP contribution >= 0.6 is 11.6 Å². The normalized spacial score (nSPS) is 15.7. The van der Waals surface area contributed by atoms with E-state index in [-0.39, 0.29) is 18.6 Å².